The zero-order valence-corrected chi connectivity index (χ0v) is 17.9. The summed E-state index contributed by atoms with van der Waals surface area (Å²) in [6.07, 6.45) is 4.35. The number of thiophene rings is 1. The summed E-state index contributed by atoms with van der Waals surface area (Å²) < 4.78 is 0. The number of thioether (sulfide) groups is 1. The van der Waals surface area contributed by atoms with Gasteiger partial charge in [-0.3, -0.25) is 9.59 Å². The van der Waals surface area contributed by atoms with Gasteiger partial charge in [-0.15, -0.1) is 23.1 Å². The first-order valence-electron chi connectivity index (χ1n) is 9.76. The van der Waals surface area contributed by atoms with Gasteiger partial charge in [-0.1, -0.05) is 18.2 Å². The minimum atomic E-state index is -0.454. The first-order chi connectivity index (χ1) is 14.0. The van der Waals surface area contributed by atoms with Crippen LogP contribution >= 0.6 is 23.1 Å². The van der Waals surface area contributed by atoms with Crippen LogP contribution in [0.15, 0.2) is 35.4 Å². The highest BCUT2D eigenvalue weighted by Gasteiger charge is 2.24. The van der Waals surface area contributed by atoms with Crippen molar-refractivity contribution in [3.8, 4) is 0 Å². The summed E-state index contributed by atoms with van der Waals surface area (Å²) in [6, 6.07) is 10.1. The van der Waals surface area contributed by atoms with E-state index < -0.39 is 5.91 Å². The lowest BCUT2D eigenvalue weighted by Crippen LogP contribution is -2.18. The molecule has 0 saturated carbocycles. The second kappa shape index (κ2) is 8.55. The molecule has 5 nitrogen and oxygen atoms in total. The number of anilines is 1. The molecule has 1 aliphatic carbocycles. The van der Waals surface area contributed by atoms with Crippen LogP contribution in [-0.4, -0.2) is 22.6 Å². The van der Waals surface area contributed by atoms with Crippen LogP contribution in [0.1, 0.15) is 45.6 Å². The van der Waals surface area contributed by atoms with E-state index in [0.717, 1.165) is 47.2 Å². The summed E-state index contributed by atoms with van der Waals surface area (Å²) in [5.74, 6) is 0.0640. The number of primary amides is 1. The van der Waals surface area contributed by atoms with E-state index >= 15 is 0 Å². The Labute approximate surface area is 178 Å². The molecule has 0 saturated heterocycles. The van der Waals surface area contributed by atoms with Gasteiger partial charge in [0.25, 0.3) is 5.91 Å². The summed E-state index contributed by atoms with van der Waals surface area (Å²) in [5, 5.41) is 5.60. The van der Waals surface area contributed by atoms with Crippen molar-refractivity contribution in [2.24, 2.45) is 5.73 Å². The lowest BCUT2D eigenvalue weighted by molar-refractivity contribution is -0.115. The van der Waals surface area contributed by atoms with E-state index in [0.29, 0.717) is 22.7 Å². The third-order valence-corrected chi connectivity index (χ3v) is 7.27. The largest absolute Gasteiger partial charge is 0.365 e. The summed E-state index contributed by atoms with van der Waals surface area (Å²) >= 11 is 3.07. The lowest BCUT2D eigenvalue weighted by Gasteiger charge is -2.11. The average Bonchev–Trinajstić information content (AvgIpc) is 3.06. The zero-order chi connectivity index (χ0) is 20.4. The maximum absolute atomic E-state index is 12.5. The molecule has 4 rings (SSSR count). The summed E-state index contributed by atoms with van der Waals surface area (Å²) in [5.41, 5.74) is 9.29. The van der Waals surface area contributed by atoms with Crippen LogP contribution < -0.4 is 11.1 Å². The van der Waals surface area contributed by atoms with E-state index in [-0.39, 0.29) is 5.91 Å². The molecule has 0 bridgehead atoms. The lowest BCUT2D eigenvalue weighted by atomic mass is 9.95. The molecule has 0 unspecified atom stereocenters. The SMILES string of the molecule is Cc1cc(SCCC(=O)Nc2sc3c(c2C(N)=O)CCCC3)nc2ccccc12. The molecule has 1 aromatic carbocycles. The number of fused-ring (bicyclic) bond motifs is 2. The molecule has 3 N–H and O–H groups in total. The molecule has 0 atom stereocenters. The predicted molar refractivity (Wildman–Crippen MR) is 120 cm³/mol. The Balaban J connectivity index is 1.40. The van der Waals surface area contributed by atoms with Crippen LogP contribution in [0.3, 0.4) is 0 Å². The van der Waals surface area contributed by atoms with E-state index in [1.54, 1.807) is 11.8 Å². The molecule has 2 heterocycles. The third-order valence-electron chi connectivity index (χ3n) is 5.15. The van der Waals surface area contributed by atoms with Gasteiger partial charge >= 0.3 is 0 Å². The van der Waals surface area contributed by atoms with Crippen molar-refractivity contribution in [3.63, 3.8) is 0 Å². The molecular formula is C22H23N3O2S2. The Morgan fingerprint density at radius 1 is 1.24 bits per heavy atom. The second-order valence-electron chi connectivity index (χ2n) is 7.22. The van der Waals surface area contributed by atoms with Crippen molar-refractivity contribution in [1.82, 2.24) is 4.98 Å². The number of amides is 2. The van der Waals surface area contributed by atoms with Gasteiger partial charge in [0.2, 0.25) is 5.91 Å². The van der Waals surface area contributed by atoms with Crippen molar-refractivity contribution in [1.29, 1.82) is 0 Å². The van der Waals surface area contributed by atoms with Crippen molar-refractivity contribution in [3.05, 3.63) is 51.9 Å². The zero-order valence-electron chi connectivity index (χ0n) is 16.3. The summed E-state index contributed by atoms with van der Waals surface area (Å²) in [7, 11) is 0. The van der Waals surface area contributed by atoms with Crippen molar-refractivity contribution in [2.45, 2.75) is 44.1 Å². The number of pyridine rings is 1. The van der Waals surface area contributed by atoms with Crippen molar-refractivity contribution < 1.29 is 9.59 Å². The Kier molecular flexibility index (Phi) is 5.87. The van der Waals surface area contributed by atoms with Gasteiger partial charge in [-0.2, -0.15) is 0 Å². The molecular weight excluding hydrogens is 402 g/mol. The fourth-order valence-electron chi connectivity index (χ4n) is 3.74. The Hall–Kier alpha value is -2.38. The smallest absolute Gasteiger partial charge is 0.251 e. The van der Waals surface area contributed by atoms with Gasteiger partial charge in [-0.05, 0) is 55.9 Å². The molecule has 1 aliphatic rings. The number of nitrogens with zero attached hydrogens (tertiary/aromatic N) is 1. The van der Waals surface area contributed by atoms with Crippen LogP contribution in [0.2, 0.25) is 0 Å². The van der Waals surface area contributed by atoms with Crippen LogP contribution in [0.25, 0.3) is 10.9 Å². The van der Waals surface area contributed by atoms with E-state index in [1.165, 1.54) is 21.8 Å². The van der Waals surface area contributed by atoms with Gasteiger partial charge in [-0.25, -0.2) is 4.98 Å². The van der Waals surface area contributed by atoms with Gasteiger partial charge in [0, 0.05) is 22.4 Å². The second-order valence-corrected chi connectivity index (χ2v) is 9.44. The number of hydrogen-bond donors (Lipinski definition) is 2. The van der Waals surface area contributed by atoms with Crippen LogP contribution in [0.4, 0.5) is 5.00 Å². The number of rotatable bonds is 6. The molecule has 150 valence electrons. The van der Waals surface area contributed by atoms with Crippen LogP contribution in [0, 0.1) is 6.92 Å². The third kappa shape index (κ3) is 4.31. The van der Waals surface area contributed by atoms with Gasteiger partial charge in [0.1, 0.15) is 5.00 Å². The summed E-state index contributed by atoms with van der Waals surface area (Å²) in [4.78, 5) is 30.3. The molecule has 0 fully saturated rings. The highest BCUT2D eigenvalue weighted by molar-refractivity contribution is 7.99. The molecule has 2 amide bonds. The first kappa shape index (κ1) is 19.9. The first-order valence-corrected chi connectivity index (χ1v) is 11.6. The molecule has 0 aliphatic heterocycles. The van der Waals surface area contributed by atoms with E-state index in [9.17, 15) is 9.59 Å². The maximum atomic E-state index is 12.5. The number of nitrogens with one attached hydrogen (secondary N) is 1. The number of para-hydroxylation sites is 1. The molecule has 2 aromatic heterocycles. The minimum absolute atomic E-state index is 0.101. The maximum Gasteiger partial charge on any atom is 0.251 e. The Morgan fingerprint density at radius 3 is 2.86 bits per heavy atom. The Bertz CT molecular complexity index is 1090. The van der Waals surface area contributed by atoms with E-state index in [1.807, 2.05) is 18.2 Å². The Morgan fingerprint density at radius 2 is 2.03 bits per heavy atom. The average molecular weight is 426 g/mol. The normalized spacial score (nSPS) is 13.3. The van der Waals surface area contributed by atoms with Gasteiger partial charge < -0.3 is 11.1 Å². The minimum Gasteiger partial charge on any atom is -0.365 e. The van der Waals surface area contributed by atoms with Gasteiger partial charge in [0.15, 0.2) is 0 Å². The molecule has 0 radical (unpaired) electrons. The fraction of sp³-hybridized carbons (Fsp3) is 0.318. The van der Waals surface area contributed by atoms with E-state index in [4.69, 9.17) is 5.73 Å². The fourth-order valence-corrected chi connectivity index (χ4v) is 5.97. The quantitative estimate of drug-likeness (QED) is 0.561. The molecule has 3 aromatic rings. The number of aryl methyl sites for hydroxylation is 2. The number of carbonyl (C=O) groups is 2. The summed E-state index contributed by atoms with van der Waals surface area (Å²) in [6.45, 7) is 2.07. The number of carbonyl (C=O) groups excluding carboxylic acids is 2. The molecule has 7 heteroatoms. The van der Waals surface area contributed by atoms with E-state index in [2.05, 4.69) is 29.4 Å². The monoisotopic (exact) mass is 425 g/mol. The van der Waals surface area contributed by atoms with Crippen LogP contribution in [0.5, 0.6) is 0 Å². The molecule has 0 spiro atoms. The topological polar surface area (TPSA) is 85.1 Å². The van der Waals surface area contributed by atoms with Gasteiger partial charge in [0.05, 0.1) is 16.1 Å². The number of benzene rings is 1. The van der Waals surface area contributed by atoms with Crippen molar-refractivity contribution >= 4 is 50.8 Å². The number of nitrogens with two attached hydrogens (primary N) is 1. The number of aromatic nitrogens is 1. The highest BCUT2D eigenvalue weighted by Crippen LogP contribution is 2.38. The predicted octanol–water partition coefficient (Wildman–Crippen LogP) is 4.70. The van der Waals surface area contributed by atoms with Crippen molar-refractivity contribution in [2.75, 3.05) is 11.1 Å². The van der Waals surface area contributed by atoms with Crippen LogP contribution in [-0.2, 0) is 17.6 Å². The standard InChI is InChI=1S/C22H23N3O2S2/c1-13-12-19(24-16-8-4-2-6-14(13)16)28-11-10-18(26)25-22-20(21(23)27)15-7-3-5-9-17(15)29-22/h2,4,6,8,12H,3,5,7,9-11H2,1H3,(H2,23,27)(H,25,26). The number of hydrogen-bond acceptors (Lipinski definition) is 5. The molecule has 29 heavy (non-hydrogen) atoms. The highest BCUT2D eigenvalue weighted by atomic mass is 32.2.